The van der Waals surface area contributed by atoms with Crippen LogP contribution >= 0.6 is 11.3 Å². The lowest BCUT2D eigenvalue weighted by Crippen LogP contribution is -2.44. The van der Waals surface area contributed by atoms with Gasteiger partial charge >= 0.3 is 5.97 Å². The third kappa shape index (κ3) is 2.82. The zero-order valence-electron chi connectivity index (χ0n) is 11.6. The van der Waals surface area contributed by atoms with Gasteiger partial charge in [0.05, 0.1) is 5.56 Å². The maximum Gasteiger partial charge on any atom is 0.326 e. The molecule has 0 saturated heterocycles. The molecule has 0 spiro atoms. The van der Waals surface area contributed by atoms with Gasteiger partial charge in [-0.05, 0) is 24.5 Å². The van der Waals surface area contributed by atoms with Crippen molar-refractivity contribution in [3.8, 4) is 0 Å². The molecule has 0 aliphatic carbocycles. The number of carboxylic acids is 1. The molecule has 1 atom stereocenters. The van der Waals surface area contributed by atoms with Crippen LogP contribution in [0.1, 0.15) is 29.8 Å². The third-order valence-corrected chi connectivity index (χ3v) is 4.14. The highest BCUT2D eigenvalue weighted by molar-refractivity contribution is 7.17. The zero-order valence-corrected chi connectivity index (χ0v) is 12.5. The Morgan fingerprint density at radius 3 is 2.60 bits per heavy atom. The molecule has 5 heteroatoms. The van der Waals surface area contributed by atoms with E-state index in [1.165, 1.54) is 11.3 Å². The summed E-state index contributed by atoms with van der Waals surface area (Å²) in [5, 5.41) is 14.4. The lowest BCUT2D eigenvalue weighted by Gasteiger charge is -2.17. The highest BCUT2D eigenvalue weighted by atomic mass is 32.1. The summed E-state index contributed by atoms with van der Waals surface area (Å²) in [6.45, 7) is 5.54. The predicted octanol–water partition coefficient (Wildman–Crippen LogP) is 3.05. The lowest BCUT2D eigenvalue weighted by molar-refractivity contribution is -0.140. The van der Waals surface area contributed by atoms with Crippen LogP contribution in [0.25, 0.3) is 10.1 Å². The fourth-order valence-electron chi connectivity index (χ4n) is 2.04. The number of aliphatic carboxylic acids is 1. The molecule has 4 nitrogen and oxygen atoms in total. The molecule has 0 unspecified atom stereocenters. The Hall–Kier alpha value is -1.88. The summed E-state index contributed by atoms with van der Waals surface area (Å²) in [6, 6.07) is 5.00. The largest absolute Gasteiger partial charge is 0.480 e. The van der Waals surface area contributed by atoms with Gasteiger partial charge in [-0.2, -0.15) is 0 Å². The average Bonchev–Trinajstić information content (AvgIpc) is 2.77. The molecule has 106 valence electrons. The van der Waals surface area contributed by atoms with E-state index < -0.39 is 12.0 Å². The van der Waals surface area contributed by atoms with Crippen molar-refractivity contribution in [2.24, 2.45) is 5.92 Å². The van der Waals surface area contributed by atoms with Crippen LogP contribution in [0.2, 0.25) is 0 Å². The van der Waals surface area contributed by atoms with Gasteiger partial charge in [0.2, 0.25) is 0 Å². The molecule has 0 aliphatic rings. The van der Waals surface area contributed by atoms with Crippen LogP contribution in [0.5, 0.6) is 0 Å². The van der Waals surface area contributed by atoms with Crippen LogP contribution in [0, 0.1) is 12.8 Å². The molecule has 1 amide bonds. The van der Waals surface area contributed by atoms with E-state index in [1.54, 1.807) is 19.2 Å². The monoisotopic (exact) mass is 291 g/mol. The van der Waals surface area contributed by atoms with E-state index >= 15 is 0 Å². The van der Waals surface area contributed by atoms with E-state index in [2.05, 4.69) is 5.32 Å². The summed E-state index contributed by atoms with van der Waals surface area (Å²) in [6.07, 6.45) is 0. The van der Waals surface area contributed by atoms with Gasteiger partial charge in [0, 0.05) is 15.5 Å². The Bertz CT molecular complexity index is 660. The second-order valence-corrected chi connectivity index (χ2v) is 6.09. The number of aryl methyl sites for hydroxylation is 1. The van der Waals surface area contributed by atoms with Gasteiger partial charge in [-0.15, -0.1) is 11.3 Å². The van der Waals surface area contributed by atoms with Crippen molar-refractivity contribution >= 4 is 33.3 Å². The molecule has 0 fully saturated rings. The van der Waals surface area contributed by atoms with E-state index in [0.717, 1.165) is 15.6 Å². The number of rotatable bonds is 4. The topological polar surface area (TPSA) is 66.4 Å². The first kappa shape index (κ1) is 14.5. The van der Waals surface area contributed by atoms with E-state index in [0.29, 0.717) is 5.56 Å². The van der Waals surface area contributed by atoms with Crippen molar-refractivity contribution < 1.29 is 14.7 Å². The van der Waals surface area contributed by atoms with Gasteiger partial charge in [-0.25, -0.2) is 4.79 Å². The smallest absolute Gasteiger partial charge is 0.326 e. The Kier molecular flexibility index (Phi) is 4.09. The van der Waals surface area contributed by atoms with Crippen molar-refractivity contribution in [3.05, 3.63) is 34.7 Å². The van der Waals surface area contributed by atoms with E-state index in [-0.39, 0.29) is 11.8 Å². The average molecular weight is 291 g/mol. The van der Waals surface area contributed by atoms with Crippen LogP contribution in [0.15, 0.2) is 23.6 Å². The van der Waals surface area contributed by atoms with Gasteiger partial charge in [0.1, 0.15) is 6.04 Å². The number of nitrogens with one attached hydrogen (secondary N) is 1. The quantitative estimate of drug-likeness (QED) is 0.910. The van der Waals surface area contributed by atoms with Gasteiger partial charge in [0.25, 0.3) is 5.91 Å². The zero-order chi connectivity index (χ0) is 14.9. The van der Waals surface area contributed by atoms with Crippen LogP contribution in [0.4, 0.5) is 0 Å². The van der Waals surface area contributed by atoms with Gasteiger partial charge in [0.15, 0.2) is 0 Å². The van der Waals surface area contributed by atoms with Gasteiger partial charge in [-0.3, -0.25) is 4.79 Å². The molecule has 2 rings (SSSR count). The first-order chi connectivity index (χ1) is 9.40. The minimum Gasteiger partial charge on any atom is -0.480 e. The van der Waals surface area contributed by atoms with Crippen LogP contribution in [-0.2, 0) is 4.79 Å². The minimum absolute atomic E-state index is 0.163. The summed E-state index contributed by atoms with van der Waals surface area (Å²) >= 11 is 1.49. The first-order valence-corrected chi connectivity index (χ1v) is 7.29. The number of thiophene rings is 1. The van der Waals surface area contributed by atoms with E-state index in [1.807, 2.05) is 25.1 Å². The predicted molar refractivity (Wildman–Crippen MR) is 80.3 cm³/mol. The summed E-state index contributed by atoms with van der Waals surface area (Å²) in [5.41, 5.74) is 1.67. The number of carbonyl (C=O) groups excluding carboxylic acids is 1. The molecule has 0 radical (unpaired) electrons. The summed E-state index contributed by atoms with van der Waals surface area (Å²) in [4.78, 5) is 23.4. The molecule has 0 saturated carbocycles. The molecule has 0 aliphatic heterocycles. The molecule has 1 aromatic carbocycles. The normalized spacial score (nSPS) is 12.6. The second-order valence-electron chi connectivity index (χ2n) is 5.18. The fraction of sp³-hybridized carbons (Fsp3) is 0.333. The molecule has 0 bridgehead atoms. The number of carbonyl (C=O) groups is 2. The number of hydrogen-bond acceptors (Lipinski definition) is 3. The number of carboxylic acid groups (broad SMARTS) is 1. The van der Waals surface area contributed by atoms with E-state index in [4.69, 9.17) is 5.11 Å². The Morgan fingerprint density at radius 1 is 1.30 bits per heavy atom. The maximum absolute atomic E-state index is 12.3. The van der Waals surface area contributed by atoms with Crippen molar-refractivity contribution in [3.63, 3.8) is 0 Å². The van der Waals surface area contributed by atoms with Gasteiger partial charge in [-0.1, -0.05) is 26.0 Å². The summed E-state index contributed by atoms with van der Waals surface area (Å²) < 4.78 is 1.03. The second kappa shape index (κ2) is 5.63. The van der Waals surface area contributed by atoms with Crippen LogP contribution < -0.4 is 5.32 Å². The third-order valence-electron chi connectivity index (χ3n) is 3.19. The molecule has 2 N–H and O–H groups in total. The Labute approximate surface area is 121 Å². The molecule has 2 aromatic rings. The summed E-state index contributed by atoms with van der Waals surface area (Å²) in [7, 11) is 0. The highest BCUT2D eigenvalue weighted by Gasteiger charge is 2.25. The highest BCUT2D eigenvalue weighted by Crippen LogP contribution is 2.27. The minimum atomic E-state index is -1.01. The van der Waals surface area contributed by atoms with Crippen molar-refractivity contribution in [1.82, 2.24) is 5.32 Å². The number of benzene rings is 1. The molecule has 1 heterocycles. The van der Waals surface area contributed by atoms with Crippen molar-refractivity contribution in [1.29, 1.82) is 0 Å². The van der Waals surface area contributed by atoms with Crippen molar-refractivity contribution in [2.45, 2.75) is 26.8 Å². The SMILES string of the molecule is Cc1ccc2c(C(=O)N[C@@H](C(=O)O)C(C)C)csc2c1. The Morgan fingerprint density at radius 2 is 2.00 bits per heavy atom. The number of amides is 1. The van der Waals surface area contributed by atoms with Crippen LogP contribution in [-0.4, -0.2) is 23.0 Å². The van der Waals surface area contributed by atoms with E-state index in [9.17, 15) is 9.59 Å². The van der Waals surface area contributed by atoms with Crippen LogP contribution in [0.3, 0.4) is 0 Å². The number of hydrogen-bond donors (Lipinski definition) is 2. The molecular weight excluding hydrogens is 274 g/mol. The lowest BCUT2D eigenvalue weighted by atomic mass is 10.0. The Balaban J connectivity index is 2.30. The van der Waals surface area contributed by atoms with Gasteiger partial charge < -0.3 is 10.4 Å². The molecule has 20 heavy (non-hydrogen) atoms. The standard InChI is InChI=1S/C15H17NO3S/c1-8(2)13(15(18)19)16-14(17)11-7-20-12-6-9(3)4-5-10(11)12/h4-8,13H,1-3H3,(H,16,17)(H,18,19)/t13-/m1/s1. The van der Waals surface area contributed by atoms with Crippen molar-refractivity contribution in [2.75, 3.05) is 0 Å². The summed E-state index contributed by atoms with van der Waals surface area (Å²) in [5.74, 6) is -1.51. The molecular formula is C15H17NO3S. The molecule has 1 aromatic heterocycles. The maximum atomic E-state index is 12.3. The number of fused-ring (bicyclic) bond motifs is 1. The fourth-order valence-corrected chi connectivity index (χ4v) is 3.08. The first-order valence-electron chi connectivity index (χ1n) is 6.41.